The Hall–Kier alpha value is -3.74. The summed E-state index contributed by atoms with van der Waals surface area (Å²) in [6, 6.07) is 0. The third-order valence-corrected chi connectivity index (χ3v) is 2.47. The van der Waals surface area contributed by atoms with Gasteiger partial charge in [0.2, 0.25) is 11.5 Å². The van der Waals surface area contributed by atoms with Gasteiger partial charge in [0.25, 0.3) is 11.8 Å². The van der Waals surface area contributed by atoms with Crippen LogP contribution in [0.25, 0.3) is 0 Å². The van der Waals surface area contributed by atoms with Crippen molar-refractivity contribution in [3.63, 3.8) is 0 Å². The third-order valence-electron chi connectivity index (χ3n) is 2.47. The molecule has 3 heterocycles. The molecule has 0 aliphatic heterocycles. The van der Waals surface area contributed by atoms with Crippen LogP contribution in [0.5, 0.6) is 11.6 Å². The fourth-order valence-electron chi connectivity index (χ4n) is 1.49. The predicted octanol–water partition coefficient (Wildman–Crippen LogP) is 0.781. The van der Waals surface area contributed by atoms with Crippen LogP contribution in [0.4, 0.5) is 0 Å². The van der Waals surface area contributed by atoms with Gasteiger partial charge < -0.3 is 14.3 Å². The van der Waals surface area contributed by atoms with Crippen LogP contribution in [0.1, 0.15) is 27.9 Å². The molecule has 0 unspecified atom stereocenters. The number of ether oxygens (including phenoxy) is 1. The highest BCUT2D eigenvalue weighted by Crippen LogP contribution is 2.19. The average Bonchev–Trinajstić information content (AvgIpc) is 3.15. The number of oxazole rings is 1. The highest BCUT2D eigenvalue weighted by atomic mass is 16.5. The zero-order chi connectivity index (χ0) is 16.2. The van der Waals surface area contributed by atoms with Crippen LogP contribution in [0, 0.1) is 18.8 Å². The lowest BCUT2D eigenvalue weighted by Gasteiger charge is -2.00. The first-order chi connectivity index (χ1) is 11.1. The zero-order valence-corrected chi connectivity index (χ0v) is 11.6. The Labute approximate surface area is 128 Å². The lowest BCUT2D eigenvalue weighted by atomic mass is 10.4. The van der Waals surface area contributed by atoms with Crippen molar-refractivity contribution in [3.05, 3.63) is 41.8 Å². The van der Waals surface area contributed by atoms with Crippen molar-refractivity contribution >= 4 is 5.97 Å². The topological polar surface area (TPSA) is 140 Å². The van der Waals surface area contributed by atoms with E-state index in [-0.39, 0.29) is 29.0 Å². The summed E-state index contributed by atoms with van der Waals surface area (Å²) in [5.41, 5.74) is 0.453. The van der Waals surface area contributed by atoms with Gasteiger partial charge in [0.1, 0.15) is 6.26 Å². The number of aryl methyl sites for hydroxylation is 1. The number of hydrogen-bond acceptors (Lipinski definition) is 8. The summed E-state index contributed by atoms with van der Waals surface area (Å²) in [4.78, 5) is 22.9. The first kappa shape index (κ1) is 14.2. The second-order valence-corrected chi connectivity index (χ2v) is 4.19. The molecular formula is C13H8N6O4. The maximum Gasteiger partial charge on any atom is 0.359 e. The number of rotatable bonds is 3. The van der Waals surface area contributed by atoms with Gasteiger partial charge in [-0.1, -0.05) is 10.3 Å². The summed E-state index contributed by atoms with van der Waals surface area (Å²) < 4.78 is 10.3. The molecule has 0 bridgehead atoms. The molecule has 0 fully saturated rings. The molecule has 3 aromatic rings. The van der Waals surface area contributed by atoms with Crippen molar-refractivity contribution in [2.45, 2.75) is 6.92 Å². The number of carboxylic acids is 1. The average molecular weight is 312 g/mol. The second kappa shape index (κ2) is 5.94. The van der Waals surface area contributed by atoms with Crippen molar-refractivity contribution < 1.29 is 19.1 Å². The highest BCUT2D eigenvalue weighted by molar-refractivity contribution is 5.87. The van der Waals surface area contributed by atoms with E-state index in [1.165, 1.54) is 18.7 Å². The maximum absolute atomic E-state index is 10.9. The Morgan fingerprint density at radius 1 is 1.35 bits per heavy atom. The monoisotopic (exact) mass is 312 g/mol. The molecule has 114 valence electrons. The summed E-state index contributed by atoms with van der Waals surface area (Å²) in [5, 5.41) is 18.0. The first-order valence-electron chi connectivity index (χ1n) is 6.20. The summed E-state index contributed by atoms with van der Waals surface area (Å²) in [5.74, 6) is 4.61. The molecule has 0 saturated heterocycles. The van der Waals surface area contributed by atoms with Gasteiger partial charge in [0.05, 0.1) is 18.1 Å². The van der Waals surface area contributed by atoms with Crippen molar-refractivity contribution in [1.29, 1.82) is 0 Å². The van der Waals surface area contributed by atoms with E-state index < -0.39 is 5.97 Å². The van der Waals surface area contributed by atoms with Crippen molar-refractivity contribution in [1.82, 2.24) is 30.4 Å². The smallest absolute Gasteiger partial charge is 0.359 e. The van der Waals surface area contributed by atoms with E-state index in [0.717, 1.165) is 5.69 Å². The molecule has 0 aliphatic carbocycles. The summed E-state index contributed by atoms with van der Waals surface area (Å²) in [6.07, 6.45) is 4.15. The Kier molecular flexibility index (Phi) is 3.67. The van der Waals surface area contributed by atoms with E-state index in [2.05, 4.69) is 42.2 Å². The molecule has 23 heavy (non-hydrogen) atoms. The van der Waals surface area contributed by atoms with E-state index in [0.29, 0.717) is 0 Å². The molecule has 0 aliphatic rings. The second-order valence-electron chi connectivity index (χ2n) is 4.19. The molecule has 0 atom stereocenters. The van der Waals surface area contributed by atoms with Crippen molar-refractivity contribution in [2.75, 3.05) is 0 Å². The van der Waals surface area contributed by atoms with Crippen LogP contribution >= 0.6 is 0 Å². The fourth-order valence-corrected chi connectivity index (χ4v) is 1.49. The van der Waals surface area contributed by atoms with E-state index in [9.17, 15) is 4.79 Å². The summed E-state index contributed by atoms with van der Waals surface area (Å²) in [7, 11) is 0. The number of carbonyl (C=O) groups is 1. The Bertz CT molecular complexity index is 902. The van der Waals surface area contributed by atoms with E-state index >= 15 is 0 Å². The Morgan fingerprint density at radius 2 is 2.13 bits per heavy atom. The molecule has 10 heteroatoms. The minimum Gasteiger partial charge on any atom is -0.476 e. The van der Waals surface area contributed by atoms with Gasteiger partial charge in [0, 0.05) is 5.92 Å². The first-order valence-corrected chi connectivity index (χ1v) is 6.20. The van der Waals surface area contributed by atoms with Crippen molar-refractivity contribution in [3.8, 4) is 23.5 Å². The van der Waals surface area contributed by atoms with Gasteiger partial charge in [-0.25, -0.2) is 24.8 Å². The molecule has 10 nitrogen and oxygen atoms in total. The van der Waals surface area contributed by atoms with Crippen LogP contribution in [0.15, 0.2) is 23.1 Å². The van der Waals surface area contributed by atoms with E-state index in [1.54, 1.807) is 6.92 Å². The number of aromatic carboxylic acids is 1. The number of nitrogens with one attached hydrogen (secondary N) is 1. The van der Waals surface area contributed by atoms with Crippen molar-refractivity contribution in [2.24, 2.45) is 0 Å². The fraction of sp³-hybridized carbons (Fsp3) is 0.0769. The van der Waals surface area contributed by atoms with Gasteiger partial charge in [0.15, 0.2) is 5.75 Å². The molecule has 0 aromatic carbocycles. The van der Waals surface area contributed by atoms with Crippen LogP contribution in [0.3, 0.4) is 0 Å². The molecule has 0 amide bonds. The lowest BCUT2D eigenvalue weighted by Crippen LogP contribution is -2.00. The minimum atomic E-state index is -1.24. The largest absolute Gasteiger partial charge is 0.476 e. The molecule has 0 radical (unpaired) electrons. The quantitative estimate of drug-likeness (QED) is 0.671. The maximum atomic E-state index is 10.9. The van der Waals surface area contributed by atoms with E-state index in [1.807, 2.05) is 0 Å². The molecule has 0 spiro atoms. The normalized spacial score (nSPS) is 9.96. The SMILES string of the molecule is Cc1coc(C#Cc2ncc(Oc3nn[nH]c3C(=O)O)cn2)n1. The third kappa shape index (κ3) is 3.30. The molecule has 3 aromatic heterocycles. The minimum absolute atomic E-state index is 0.185. The number of nitrogens with zero attached hydrogens (tertiary/aromatic N) is 5. The standard InChI is InChI=1S/C13H8N6O4/c1-7-6-22-10(16-7)3-2-9-14-4-8(5-15-9)23-12-11(13(20)21)17-19-18-12/h4-6H,1H3,(H,20,21)(H,17,18,19). The summed E-state index contributed by atoms with van der Waals surface area (Å²) >= 11 is 0. The Morgan fingerprint density at radius 3 is 2.78 bits per heavy atom. The van der Waals surface area contributed by atoms with Gasteiger partial charge in [-0.05, 0) is 12.8 Å². The lowest BCUT2D eigenvalue weighted by molar-refractivity contribution is 0.0687. The number of hydrogen-bond donors (Lipinski definition) is 2. The van der Waals surface area contributed by atoms with Gasteiger partial charge >= 0.3 is 5.97 Å². The van der Waals surface area contributed by atoms with E-state index in [4.69, 9.17) is 14.3 Å². The molecule has 3 rings (SSSR count). The number of H-pyrrole nitrogens is 1. The van der Waals surface area contributed by atoms with Gasteiger partial charge in [-0.15, -0.1) is 0 Å². The van der Waals surface area contributed by atoms with Crippen LogP contribution in [0.2, 0.25) is 0 Å². The predicted molar refractivity (Wildman–Crippen MR) is 72.7 cm³/mol. The molecule has 2 N–H and O–H groups in total. The number of aromatic nitrogens is 6. The number of aromatic amines is 1. The van der Waals surface area contributed by atoms with Crippen LogP contribution in [-0.4, -0.2) is 41.4 Å². The summed E-state index contributed by atoms with van der Waals surface area (Å²) in [6.45, 7) is 1.78. The highest BCUT2D eigenvalue weighted by Gasteiger charge is 2.16. The Balaban J connectivity index is 1.73. The van der Waals surface area contributed by atoms with Crippen LogP contribution in [-0.2, 0) is 0 Å². The number of carboxylic acid groups (broad SMARTS) is 1. The molecule has 0 saturated carbocycles. The van der Waals surface area contributed by atoms with Gasteiger partial charge in [-0.3, -0.25) is 0 Å². The zero-order valence-electron chi connectivity index (χ0n) is 11.6. The van der Waals surface area contributed by atoms with Crippen LogP contribution < -0.4 is 4.74 Å². The van der Waals surface area contributed by atoms with Gasteiger partial charge in [-0.2, -0.15) is 0 Å². The molecular weight excluding hydrogens is 304 g/mol.